The van der Waals surface area contributed by atoms with E-state index in [9.17, 15) is 40.3 Å². The Labute approximate surface area is 370 Å². The minimum atomic E-state index is -4.22. The van der Waals surface area contributed by atoms with Gasteiger partial charge in [0, 0.05) is 54.7 Å². The van der Waals surface area contributed by atoms with Crippen molar-refractivity contribution in [2.45, 2.75) is 104 Å². The van der Waals surface area contributed by atoms with Crippen molar-refractivity contribution < 1.29 is 49.1 Å². The number of ether oxygens (including phenoxy) is 1. The minimum absolute atomic E-state index is 0.0602. The molecule has 0 radical (unpaired) electrons. The lowest BCUT2D eigenvalue weighted by Gasteiger charge is -2.26. The van der Waals surface area contributed by atoms with Crippen molar-refractivity contribution in [1.82, 2.24) is 4.58 Å². The maximum Gasteiger partial charge on any atom is 0.351 e. The van der Waals surface area contributed by atoms with E-state index in [1.54, 1.807) is 47.1 Å². The summed E-state index contributed by atoms with van der Waals surface area (Å²) in [5.41, 5.74) is 0.951. The van der Waals surface area contributed by atoms with E-state index in [4.69, 9.17) is 13.6 Å². The van der Waals surface area contributed by atoms with Crippen LogP contribution in [0, 0.1) is 5.92 Å². The topological polar surface area (TPSA) is 202 Å². The first-order chi connectivity index (χ1) is 29.8. The average molecular weight is 910 g/mol. The summed E-state index contributed by atoms with van der Waals surface area (Å²) >= 11 is 0. The Morgan fingerprint density at radius 2 is 1.40 bits per heavy atom. The van der Waals surface area contributed by atoms with Crippen molar-refractivity contribution in [3.05, 3.63) is 93.4 Å². The Hall–Kier alpha value is -4.90. The number of anilines is 1. The van der Waals surface area contributed by atoms with Crippen molar-refractivity contribution in [2.24, 2.45) is 5.92 Å². The molecule has 0 fully saturated rings. The van der Waals surface area contributed by atoms with Crippen LogP contribution in [-0.2, 0) is 30.4 Å². The van der Waals surface area contributed by atoms with Crippen LogP contribution in [0.3, 0.4) is 0 Å². The lowest BCUT2D eigenvalue weighted by atomic mass is 9.90. The molecule has 3 heterocycles. The Bertz CT molecular complexity index is 2600. The van der Waals surface area contributed by atoms with E-state index >= 15 is 0 Å². The molecule has 2 aliphatic heterocycles. The number of carbonyl (C=O) groups is 2. The number of allylic oxidation sites excluding steroid dienone is 2. The van der Waals surface area contributed by atoms with Crippen LogP contribution in [-0.4, -0.2) is 75.4 Å². The highest BCUT2D eigenvalue weighted by molar-refractivity contribution is 7.86. The van der Waals surface area contributed by atoms with Crippen LogP contribution in [0.4, 0.5) is 5.69 Å². The van der Waals surface area contributed by atoms with E-state index < -0.39 is 60.5 Å². The molecule has 0 saturated carbocycles. The molecule has 5 rings (SSSR count). The van der Waals surface area contributed by atoms with Gasteiger partial charge in [-0.05, 0) is 42.7 Å². The number of fused-ring (bicyclic) bond motifs is 4. The largest absolute Gasteiger partial charge is 0.460 e. The summed E-state index contributed by atoms with van der Waals surface area (Å²) in [6, 6.07) is 12.6. The summed E-state index contributed by atoms with van der Waals surface area (Å²) in [6.07, 6.45) is 15.4. The fraction of sp³-hybridized carbons (Fsp3) is 0.489. The van der Waals surface area contributed by atoms with Gasteiger partial charge in [0.15, 0.2) is 11.5 Å². The molecule has 1 aliphatic carbocycles. The van der Waals surface area contributed by atoms with Crippen LogP contribution in [0.5, 0.6) is 5.75 Å². The third-order valence-corrected chi connectivity index (χ3v) is 12.6. The van der Waals surface area contributed by atoms with Crippen molar-refractivity contribution in [3.8, 4) is 17.1 Å². The maximum atomic E-state index is 13.8. The van der Waals surface area contributed by atoms with Gasteiger partial charge in [0.1, 0.15) is 41.7 Å². The molecule has 2 aromatic rings. The Morgan fingerprint density at radius 3 is 1.98 bits per heavy atom. The second-order valence-electron chi connectivity index (χ2n) is 17.2. The molecule has 1 atom stereocenters. The molecule has 63 heavy (non-hydrogen) atoms. The van der Waals surface area contributed by atoms with Crippen LogP contribution in [0.25, 0.3) is 28.4 Å². The van der Waals surface area contributed by atoms with Gasteiger partial charge in [-0.2, -0.15) is 16.8 Å². The van der Waals surface area contributed by atoms with E-state index in [2.05, 4.69) is 18.7 Å². The van der Waals surface area contributed by atoms with E-state index in [1.165, 1.54) is 12.2 Å². The molecule has 14 nitrogen and oxygen atoms in total. The predicted molar refractivity (Wildman–Crippen MR) is 246 cm³/mol. The number of nitrogens with zero attached hydrogens (tertiary/aromatic N) is 2. The van der Waals surface area contributed by atoms with Crippen LogP contribution in [0.2, 0.25) is 0 Å². The third kappa shape index (κ3) is 13.8. The number of carbonyl (C=O) groups excluding carboxylic acids is 2. The third-order valence-electron chi connectivity index (χ3n) is 11.0. The molecule has 1 aromatic heterocycles. The fourth-order valence-electron chi connectivity index (χ4n) is 7.58. The van der Waals surface area contributed by atoms with E-state index in [0.29, 0.717) is 27.8 Å². The van der Waals surface area contributed by atoms with Gasteiger partial charge in [0.25, 0.3) is 20.2 Å². The zero-order valence-corrected chi connectivity index (χ0v) is 38.6. The Balaban J connectivity index is 1.42. The zero-order valence-electron chi connectivity index (χ0n) is 36.9. The quantitative estimate of drug-likeness (QED) is 0.0146. The lowest BCUT2D eigenvalue weighted by molar-refractivity contribution is -0.136. The SMILES string of the molecule is CCCCCCN(CCCCCC)c1ccc2c3c(c(=O)oc2c1)C(=O)C(/C=C/C=C/c1cc(C(C)(C)C)oc2cc(=[N+](CCCS(=O)(=O)O)CCCS(=O)(=O)O)ccc1-2)C(=O)O3. The molecular weight excluding hydrogens is 849 g/mol. The van der Waals surface area contributed by atoms with Crippen LogP contribution in [0.1, 0.15) is 121 Å². The standard InChI is InChI=1S/C47H60N2O12S2/c1-6-8-10-14-24-48(25-15-11-9-7-2)35-21-23-37-40(32-35)60-46(52)42-43(50)38(45(51)61-44(37)42)19-13-12-18-33-30-41(47(3,4)5)59-39-31-34(20-22-36(33)39)49(26-16-28-62(53,54)55)27-17-29-63(56,57)58/h12-13,18-23,30-32,38H,6-11,14-17,24-29H2,1-5H3,(H-,53,54,55,56,57,58)/p+1/b18-12+,19-13+. The molecule has 0 amide bonds. The highest BCUT2D eigenvalue weighted by Crippen LogP contribution is 2.36. The first-order valence-electron chi connectivity index (χ1n) is 21.8. The fourth-order valence-corrected chi connectivity index (χ4v) is 8.57. The first kappa shape index (κ1) is 49.1. The van der Waals surface area contributed by atoms with E-state index in [-0.39, 0.29) is 42.8 Å². The highest BCUT2D eigenvalue weighted by atomic mass is 32.2. The molecule has 16 heteroatoms. The number of hydrogen-bond acceptors (Lipinski definition) is 11. The van der Waals surface area contributed by atoms with Gasteiger partial charge in [-0.25, -0.2) is 9.37 Å². The second kappa shape index (κ2) is 21.7. The van der Waals surface area contributed by atoms with Crippen LogP contribution < -0.4 is 25.2 Å². The van der Waals surface area contributed by atoms with Gasteiger partial charge in [0.05, 0.1) is 23.0 Å². The van der Waals surface area contributed by atoms with Crippen LogP contribution >= 0.6 is 0 Å². The van der Waals surface area contributed by atoms with Crippen LogP contribution in [0.15, 0.2) is 74.3 Å². The molecule has 1 aromatic carbocycles. The summed E-state index contributed by atoms with van der Waals surface area (Å²) in [7, 11) is -8.45. The Morgan fingerprint density at radius 1 is 0.762 bits per heavy atom. The number of ketones is 1. The lowest BCUT2D eigenvalue weighted by Crippen LogP contribution is -2.35. The van der Waals surface area contributed by atoms with Crippen molar-refractivity contribution in [2.75, 3.05) is 42.6 Å². The number of benzene rings is 2. The molecule has 2 N–H and O–H groups in total. The number of Topliss-reactive ketones (excluding diaryl/α,β-unsaturated/α-hetero) is 1. The molecule has 342 valence electrons. The summed E-state index contributed by atoms with van der Waals surface area (Å²) < 4.78 is 83.8. The van der Waals surface area contributed by atoms with Gasteiger partial charge < -0.3 is 18.5 Å². The number of rotatable bonds is 22. The van der Waals surface area contributed by atoms with Gasteiger partial charge in [-0.15, -0.1) is 0 Å². The predicted octanol–water partition coefficient (Wildman–Crippen LogP) is 8.07. The summed E-state index contributed by atoms with van der Waals surface area (Å²) in [4.78, 5) is 42.9. The first-order valence-corrected chi connectivity index (χ1v) is 25.0. The minimum Gasteiger partial charge on any atom is -0.460 e. The molecule has 0 spiro atoms. The van der Waals surface area contributed by atoms with E-state index in [1.807, 2.05) is 32.9 Å². The average Bonchev–Trinajstić information content (AvgIpc) is 3.20. The summed E-state index contributed by atoms with van der Waals surface area (Å²) in [5.74, 6) is -2.89. The molecule has 0 saturated heterocycles. The van der Waals surface area contributed by atoms with Crippen molar-refractivity contribution in [1.29, 1.82) is 0 Å². The number of hydrogen-bond donors (Lipinski definition) is 2. The maximum absolute atomic E-state index is 13.8. The second-order valence-corrected chi connectivity index (χ2v) is 20.3. The summed E-state index contributed by atoms with van der Waals surface area (Å²) in [6.45, 7) is 12.3. The monoisotopic (exact) mass is 909 g/mol. The molecule has 0 bridgehead atoms. The zero-order chi connectivity index (χ0) is 46.0. The number of unbranched alkanes of at least 4 members (excludes halogenated alkanes) is 6. The highest BCUT2D eigenvalue weighted by Gasteiger charge is 2.39. The Kier molecular flexibility index (Phi) is 16.9. The molecule has 1 unspecified atom stereocenters. The number of esters is 1. The van der Waals surface area contributed by atoms with Crippen molar-refractivity contribution in [3.63, 3.8) is 0 Å². The van der Waals surface area contributed by atoms with E-state index in [0.717, 1.165) is 75.7 Å². The molecular formula is C47H61N2O12S2+. The van der Waals surface area contributed by atoms with Gasteiger partial charge in [-0.3, -0.25) is 18.7 Å². The van der Waals surface area contributed by atoms with Crippen molar-refractivity contribution >= 4 is 54.7 Å². The van der Waals surface area contributed by atoms with Gasteiger partial charge in [0.2, 0.25) is 5.36 Å². The normalized spacial score (nSPS) is 14.9. The molecule has 3 aliphatic rings. The summed E-state index contributed by atoms with van der Waals surface area (Å²) in [5, 5.41) is 0.968. The van der Waals surface area contributed by atoms with Gasteiger partial charge >= 0.3 is 11.6 Å². The smallest absolute Gasteiger partial charge is 0.351 e. The van der Waals surface area contributed by atoms with Gasteiger partial charge in [-0.1, -0.05) is 97.4 Å².